The minimum Gasteiger partial charge on any atom is -0.495 e. The highest BCUT2D eigenvalue weighted by Crippen LogP contribution is 2.43. The molecule has 0 radical (unpaired) electrons. The first kappa shape index (κ1) is 28.8. The van der Waals surface area contributed by atoms with Gasteiger partial charge in [0.05, 0.1) is 52.4 Å². The van der Waals surface area contributed by atoms with Crippen molar-refractivity contribution in [3.63, 3.8) is 0 Å². The van der Waals surface area contributed by atoms with Crippen molar-refractivity contribution in [3.8, 4) is 22.9 Å². The standard InChI is InChI=1S/C29H41N3O7/c1-4-6-16-38-26-24(28(33)30-12-18-36-19-13-30)32(22-10-8-9-11-23(22)35-3)25(27(26)39-17-7-5-2)29(34)31-14-20-37-21-15-31/h8-11H,4-7,12-21H2,1-3H3. The Bertz CT molecular complexity index is 1040. The first-order chi connectivity index (χ1) is 19.1. The van der Waals surface area contributed by atoms with Crippen LogP contribution < -0.4 is 14.2 Å². The second kappa shape index (κ2) is 14.2. The molecule has 2 aliphatic heterocycles. The van der Waals surface area contributed by atoms with Crippen molar-refractivity contribution >= 4 is 11.8 Å². The first-order valence-electron chi connectivity index (χ1n) is 14.0. The van der Waals surface area contributed by atoms with Crippen LogP contribution in [0.4, 0.5) is 0 Å². The van der Waals surface area contributed by atoms with Crippen LogP contribution in [0.25, 0.3) is 5.69 Å². The molecule has 2 aromatic rings. The number of carbonyl (C=O) groups excluding carboxylic acids is 2. The van der Waals surface area contributed by atoms with E-state index in [0.717, 1.165) is 25.7 Å². The van der Waals surface area contributed by atoms with E-state index in [1.807, 2.05) is 24.3 Å². The molecule has 39 heavy (non-hydrogen) atoms. The molecule has 4 rings (SSSR count). The molecule has 1 aromatic carbocycles. The molecule has 2 fully saturated rings. The van der Waals surface area contributed by atoms with Crippen LogP contribution in [0, 0.1) is 0 Å². The molecule has 2 amide bonds. The van der Waals surface area contributed by atoms with Gasteiger partial charge in [-0.1, -0.05) is 38.8 Å². The number of benzene rings is 1. The number of carbonyl (C=O) groups is 2. The van der Waals surface area contributed by atoms with Crippen LogP contribution in [0.15, 0.2) is 24.3 Å². The molecule has 0 N–H and O–H groups in total. The van der Waals surface area contributed by atoms with Gasteiger partial charge >= 0.3 is 0 Å². The fourth-order valence-electron chi connectivity index (χ4n) is 4.71. The number of methoxy groups -OCH3 is 1. The molecule has 0 saturated carbocycles. The fourth-order valence-corrected chi connectivity index (χ4v) is 4.71. The highest BCUT2D eigenvalue weighted by Gasteiger charge is 2.38. The Balaban J connectivity index is 1.98. The summed E-state index contributed by atoms with van der Waals surface area (Å²) in [4.78, 5) is 32.0. The summed E-state index contributed by atoms with van der Waals surface area (Å²) in [7, 11) is 1.58. The Kier molecular flexibility index (Phi) is 10.5. The minimum atomic E-state index is -0.239. The number of unbranched alkanes of at least 4 members (excludes halogenated alkanes) is 2. The Morgan fingerprint density at radius 2 is 1.23 bits per heavy atom. The Morgan fingerprint density at radius 1 is 0.769 bits per heavy atom. The molecule has 2 aliphatic rings. The van der Waals surface area contributed by atoms with Crippen LogP contribution in [-0.4, -0.2) is 99.1 Å². The van der Waals surface area contributed by atoms with E-state index in [-0.39, 0.29) is 23.2 Å². The number of hydrogen-bond acceptors (Lipinski definition) is 7. The molecule has 2 saturated heterocycles. The lowest BCUT2D eigenvalue weighted by Crippen LogP contribution is -2.43. The van der Waals surface area contributed by atoms with Gasteiger partial charge in [0, 0.05) is 26.2 Å². The second-order valence-corrected chi connectivity index (χ2v) is 9.58. The van der Waals surface area contributed by atoms with Crippen LogP contribution in [0.3, 0.4) is 0 Å². The van der Waals surface area contributed by atoms with Crippen LogP contribution in [0.1, 0.15) is 60.5 Å². The maximum Gasteiger partial charge on any atom is 0.275 e. The van der Waals surface area contributed by atoms with E-state index < -0.39 is 0 Å². The van der Waals surface area contributed by atoms with E-state index in [1.165, 1.54) is 0 Å². The highest BCUT2D eigenvalue weighted by atomic mass is 16.5. The predicted octanol–water partition coefficient (Wildman–Crippen LogP) is 3.79. The molecule has 10 heteroatoms. The molecule has 3 heterocycles. The smallest absolute Gasteiger partial charge is 0.275 e. The van der Waals surface area contributed by atoms with Crippen molar-refractivity contribution in [1.82, 2.24) is 14.4 Å². The van der Waals surface area contributed by atoms with Gasteiger partial charge in [-0.05, 0) is 25.0 Å². The van der Waals surface area contributed by atoms with E-state index in [2.05, 4.69) is 13.8 Å². The van der Waals surface area contributed by atoms with E-state index in [4.69, 9.17) is 23.7 Å². The van der Waals surface area contributed by atoms with Gasteiger partial charge in [0.25, 0.3) is 11.8 Å². The molecule has 0 unspecified atom stereocenters. The predicted molar refractivity (Wildman–Crippen MR) is 147 cm³/mol. The third-order valence-electron chi connectivity index (χ3n) is 6.90. The molecule has 0 spiro atoms. The summed E-state index contributed by atoms with van der Waals surface area (Å²) in [6, 6.07) is 7.38. The van der Waals surface area contributed by atoms with Gasteiger partial charge in [0.15, 0.2) is 22.9 Å². The van der Waals surface area contributed by atoms with Crippen molar-refractivity contribution in [1.29, 1.82) is 0 Å². The molecule has 10 nitrogen and oxygen atoms in total. The third kappa shape index (κ3) is 6.50. The Morgan fingerprint density at radius 3 is 1.67 bits per heavy atom. The highest BCUT2D eigenvalue weighted by molar-refractivity contribution is 6.05. The Hall–Kier alpha value is -3.24. The van der Waals surface area contributed by atoms with E-state index in [1.54, 1.807) is 21.5 Å². The van der Waals surface area contributed by atoms with Gasteiger partial charge in [0.2, 0.25) is 0 Å². The molecule has 0 aliphatic carbocycles. The van der Waals surface area contributed by atoms with Crippen molar-refractivity contribution in [3.05, 3.63) is 35.7 Å². The lowest BCUT2D eigenvalue weighted by Gasteiger charge is -2.29. The van der Waals surface area contributed by atoms with Crippen LogP contribution in [-0.2, 0) is 9.47 Å². The number of nitrogens with zero attached hydrogens (tertiary/aromatic N) is 3. The van der Waals surface area contributed by atoms with Gasteiger partial charge in [0.1, 0.15) is 5.75 Å². The summed E-state index contributed by atoms with van der Waals surface area (Å²) in [5.74, 6) is 0.658. The topological polar surface area (TPSA) is 91.7 Å². The summed E-state index contributed by atoms with van der Waals surface area (Å²) in [6.07, 6.45) is 3.44. The number of para-hydroxylation sites is 2. The molecule has 1 aromatic heterocycles. The first-order valence-corrected chi connectivity index (χ1v) is 14.0. The average molecular weight is 544 g/mol. The summed E-state index contributed by atoms with van der Waals surface area (Å²) in [5, 5.41) is 0. The molecule has 0 bridgehead atoms. The zero-order valence-electron chi connectivity index (χ0n) is 23.4. The number of amides is 2. The fraction of sp³-hybridized carbons (Fsp3) is 0.586. The van der Waals surface area contributed by atoms with Crippen LogP contribution in [0.5, 0.6) is 17.2 Å². The number of ether oxygens (including phenoxy) is 5. The van der Waals surface area contributed by atoms with Crippen LogP contribution >= 0.6 is 0 Å². The van der Waals surface area contributed by atoms with Crippen molar-refractivity contribution in [2.45, 2.75) is 39.5 Å². The van der Waals surface area contributed by atoms with Gasteiger partial charge in [-0.2, -0.15) is 0 Å². The minimum absolute atomic E-state index is 0.239. The summed E-state index contributed by atoms with van der Waals surface area (Å²) in [6.45, 7) is 8.54. The molecular weight excluding hydrogens is 502 g/mol. The Labute approximate surface area is 230 Å². The molecule has 0 atom stereocenters. The van der Waals surface area contributed by atoms with Crippen molar-refractivity contribution < 1.29 is 33.3 Å². The SMILES string of the molecule is CCCCOc1c(OCCCC)c(C(=O)N2CCOCC2)n(-c2ccccc2OC)c1C(=O)N1CCOCC1. The van der Waals surface area contributed by atoms with E-state index >= 15 is 0 Å². The van der Waals surface area contributed by atoms with Crippen molar-refractivity contribution in [2.24, 2.45) is 0 Å². The van der Waals surface area contributed by atoms with Gasteiger partial charge < -0.3 is 33.5 Å². The lowest BCUT2D eigenvalue weighted by atomic mass is 10.2. The molecular formula is C29H41N3O7. The van der Waals surface area contributed by atoms with Crippen LogP contribution in [0.2, 0.25) is 0 Å². The second-order valence-electron chi connectivity index (χ2n) is 9.58. The lowest BCUT2D eigenvalue weighted by molar-refractivity contribution is 0.0287. The zero-order valence-corrected chi connectivity index (χ0v) is 23.4. The number of morpholine rings is 2. The summed E-state index contributed by atoms with van der Waals surface area (Å²) in [5.41, 5.74) is 1.10. The summed E-state index contributed by atoms with van der Waals surface area (Å²) < 4.78 is 31.1. The normalized spacial score (nSPS) is 15.8. The number of aromatic nitrogens is 1. The van der Waals surface area contributed by atoms with E-state index in [9.17, 15) is 9.59 Å². The zero-order chi connectivity index (χ0) is 27.6. The number of hydrogen-bond donors (Lipinski definition) is 0. The summed E-state index contributed by atoms with van der Waals surface area (Å²) >= 11 is 0. The van der Waals surface area contributed by atoms with Gasteiger partial charge in [-0.3, -0.25) is 14.2 Å². The monoisotopic (exact) mass is 543 g/mol. The van der Waals surface area contributed by atoms with E-state index in [0.29, 0.717) is 88.8 Å². The van der Waals surface area contributed by atoms with Crippen molar-refractivity contribution in [2.75, 3.05) is 72.9 Å². The maximum atomic E-state index is 14.3. The van der Waals surface area contributed by atoms with Gasteiger partial charge in [-0.15, -0.1) is 0 Å². The third-order valence-corrected chi connectivity index (χ3v) is 6.90. The largest absolute Gasteiger partial charge is 0.495 e. The number of rotatable bonds is 12. The van der Waals surface area contributed by atoms with Gasteiger partial charge in [-0.25, -0.2) is 0 Å². The average Bonchev–Trinajstić information content (AvgIpc) is 3.31. The maximum absolute atomic E-state index is 14.3. The molecule has 214 valence electrons. The quantitative estimate of drug-likeness (QED) is 0.376.